The molecule has 4 nitrogen and oxygen atoms in total. The lowest BCUT2D eigenvalue weighted by Gasteiger charge is -2.11. The molecular formula is C19H15NO3. The van der Waals surface area contributed by atoms with Gasteiger partial charge in [-0.3, -0.25) is 0 Å². The Balaban J connectivity index is 2.19. The lowest BCUT2D eigenvalue weighted by atomic mass is 9.98. The number of hydrogen-bond acceptors (Lipinski definition) is 4. The first-order valence-electron chi connectivity index (χ1n) is 7.28. The fourth-order valence-electron chi connectivity index (χ4n) is 2.54. The van der Waals surface area contributed by atoms with E-state index in [0.29, 0.717) is 11.3 Å². The van der Waals surface area contributed by atoms with Gasteiger partial charge in [0.05, 0.1) is 0 Å². The van der Waals surface area contributed by atoms with Gasteiger partial charge in [0.1, 0.15) is 17.4 Å². The van der Waals surface area contributed by atoms with E-state index in [4.69, 9.17) is 14.4 Å². The number of nitriles is 1. The van der Waals surface area contributed by atoms with Crippen molar-refractivity contribution in [2.24, 2.45) is 0 Å². The number of hydrogen-bond donors (Lipinski definition) is 0. The quantitative estimate of drug-likeness (QED) is 0.685. The minimum atomic E-state index is -0.571. The molecule has 4 heteroatoms. The van der Waals surface area contributed by atoms with Gasteiger partial charge in [0, 0.05) is 23.1 Å². The van der Waals surface area contributed by atoms with Gasteiger partial charge in [-0.1, -0.05) is 24.3 Å². The second-order valence-electron chi connectivity index (χ2n) is 5.34. The van der Waals surface area contributed by atoms with Gasteiger partial charge < -0.3 is 9.15 Å². The second kappa shape index (κ2) is 5.98. The summed E-state index contributed by atoms with van der Waals surface area (Å²) in [6.45, 7) is 3.66. The van der Waals surface area contributed by atoms with Crippen LogP contribution in [-0.4, -0.2) is 6.10 Å². The summed E-state index contributed by atoms with van der Waals surface area (Å²) in [5.74, 6) is 0.497. The van der Waals surface area contributed by atoms with Crippen molar-refractivity contribution in [1.82, 2.24) is 0 Å². The highest BCUT2D eigenvalue weighted by Gasteiger charge is 2.11. The summed E-state index contributed by atoms with van der Waals surface area (Å²) in [6.07, 6.45) is -0.571. The van der Waals surface area contributed by atoms with Gasteiger partial charge in [0.25, 0.3) is 0 Å². The second-order valence-corrected chi connectivity index (χ2v) is 5.34. The number of fused-ring (bicyclic) bond motifs is 1. The summed E-state index contributed by atoms with van der Waals surface area (Å²) < 4.78 is 10.8. The maximum atomic E-state index is 11.9. The first kappa shape index (κ1) is 14.9. The highest BCUT2D eigenvalue weighted by Crippen LogP contribution is 2.31. The van der Waals surface area contributed by atoms with E-state index in [2.05, 4.69) is 0 Å². The van der Waals surface area contributed by atoms with E-state index < -0.39 is 11.7 Å². The maximum absolute atomic E-state index is 11.9. The number of aryl methyl sites for hydroxylation is 1. The van der Waals surface area contributed by atoms with Crippen LogP contribution in [0.4, 0.5) is 0 Å². The van der Waals surface area contributed by atoms with Crippen LogP contribution in [0.1, 0.15) is 12.5 Å². The van der Waals surface area contributed by atoms with Crippen molar-refractivity contribution in [3.63, 3.8) is 0 Å². The molecule has 3 aromatic rings. The Hall–Kier alpha value is -3.06. The normalized spacial score (nSPS) is 11.9. The fraction of sp³-hybridized carbons (Fsp3) is 0.158. The van der Waals surface area contributed by atoms with Crippen LogP contribution in [0, 0.1) is 18.3 Å². The topological polar surface area (TPSA) is 63.2 Å². The maximum Gasteiger partial charge on any atom is 0.336 e. The molecule has 2 aromatic carbocycles. The molecule has 3 rings (SSSR count). The Labute approximate surface area is 133 Å². The Morgan fingerprint density at radius 1 is 1.13 bits per heavy atom. The third-order valence-corrected chi connectivity index (χ3v) is 3.65. The van der Waals surface area contributed by atoms with Crippen molar-refractivity contribution in [3.05, 3.63) is 64.5 Å². The average Bonchev–Trinajstić information content (AvgIpc) is 2.54. The molecule has 0 radical (unpaired) electrons. The van der Waals surface area contributed by atoms with Gasteiger partial charge in [0.2, 0.25) is 0 Å². The van der Waals surface area contributed by atoms with E-state index in [1.807, 2.05) is 43.3 Å². The molecule has 23 heavy (non-hydrogen) atoms. The third kappa shape index (κ3) is 2.95. The highest BCUT2D eigenvalue weighted by molar-refractivity contribution is 5.94. The molecule has 0 aliphatic rings. The van der Waals surface area contributed by atoms with Crippen LogP contribution in [-0.2, 0) is 0 Å². The van der Waals surface area contributed by atoms with E-state index >= 15 is 0 Å². The highest BCUT2D eigenvalue weighted by atomic mass is 16.5. The van der Waals surface area contributed by atoms with E-state index in [1.54, 1.807) is 19.1 Å². The molecule has 0 amide bonds. The predicted octanol–water partition coefficient (Wildman–Crippen LogP) is 4.06. The summed E-state index contributed by atoms with van der Waals surface area (Å²) in [4.78, 5) is 11.9. The first-order valence-corrected chi connectivity index (χ1v) is 7.28. The summed E-state index contributed by atoms with van der Waals surface area (Å²) in [7, 11) is 0. The minimum Gasteiger partial charge on any atom is -0.476 e. The van der Waals surface area contributed by atoms with Crippen molar-refractivity contribution < 1.29 is 9.15 Å². The largest absolute Gasteiger partial charge is 0.476 e. The van der Waals surface area contributed by atoms with E-state index in [-0.39, 0.29) is 0 Å². The third-order valence-electron chi connectivity index (χ3n) is 3.65. The zero-order valence-electron chi connectivity index (χ0n) is 12.9. The smallest absolute Gasteiger partial charge is 0.336 e. The zero-order valence-corrected chi connectivity index (χ0v) is 12.9. The number of ether oxygens (including phenoxy) is 1. The number of rotatable bonds is 3. The van der Waals surface area contributed by atoms with Gasteiger partial charge >= 0.3 is 5.63 Å². The summed E-state index contributed by atoms with van der Waals surface area (Å²) in [6, 6.07) is 16.7. The summed E-state index contributed by atoms with van der Waals surface area (Å²) in [5, 5.41) is 9.66. The number of benzene rings is 2. The Morgan fingerprint density at radius 2 is 1.91 bits per heavy atom. The van der Waals surface area contributed by atoms with Crippen molar-refractivity contribution >= 4 is 11.0 Å². The van der Waals surface area contributed by atoms with Crippen LogP contribution >= 0.6 is 0 Å². The predicted molar refractivity (Wildman–Crippen MR) is 88.4 cm³/mol. The molecule has 0 fully saturated rings. The van der Waals surface area contributed by atoms with Gasteiger partial charge in [0.15, 0.2) is 6.10 Å². The van der Waals surface area contributed by atoms with Crippen LogP contribution < -0.4 is 10.4 Å². The SMILES string of the molecule is Cc1ccccc1-c1cc(=O)oc2cc(OC(C)C#N)ccc12. The molecule has 1 unspecified atom stereocenters. The summed E-state index contributed by atoms with van der Waals surface area (Å²) in [5.41, 5.74) is 2.93. The van der Waals surface area contributed by atoms with Gasteiger partial charge in [-0.05, 0) is 37.1 Å². The Kier molecular flexibility index (Phi) is 3.86. The first-order chi connectivity index (χ1) is 11.1. The van der Waals surface area contributed by atoms with Crippen molar-refractivity contribution in [3.8, 4) is 22.9 Å². The molecule has 0 N–H and O–H groups in total. The molecule has 0 saturated heterocycles. The van der Waals surface area contributed by atoms with Crippen molar-refractivity contribution in [1.29, 1.82) is 5.26 Å². The monoisotopic (exact) mass is 305 g/mol. The van der Waals surface area contributed by atoms with Crippen molar-refractivity contribution in [2.75, 3.05) is 0 Å². The molecule has 114 valence electrons. The zero-order chi connectivity index (χ0) is 16.4. The lowest BCUT2D eigenvalue weighted by molar-refractivity contribution is 0.276. The molecule has 1 aromatic heterocycles. The molecule has 0 spiro atoms. The van der Waals surface area contributed by atoms with E-state index in [1.165, 1.54) is 6.07 Å². The molecular weight excluding hydrogens is 290 g/mol. The molecule has 0 aliphatic heterocycles. The van der Waals surface area contributed by atoms with E-state index in [0.717, 1.165) is 22.1 Å². The molecule has 0 saturated carbocycles. The standard InChI is InChI=1S/C19H15NO3/c1-12-5-3-4-6-15(12)17-10-19(21)23-18-9-14(7-8-16(17)18)22-13(2)11-20/h3-10,13H,1-2H3. The average molecular weight is 305 g/mol. The van der Waals surface area contributed by atoms with E-state index in [9.17, 15) is 4.79 Å². The van der Waals surface area contributed by atoms with Crippen molar-refractivity contribution in [2.45, 2.75) is 20.0 Å². The number of nitrogens with zero attached hydrogens (tertiary/aromatic N) is 1. The van der Waals surface area contributed by atoms with Crippen LogP contribution in [0.2, 0.25) is 0 Å². The van der Waals surface area contributed by atoms with Crippen LogP contribution in [0.3, 0.4) is 0 Å². The van der Waals surface area contributed by atoms with Gasteiger partial charge in [-0.25, -0.2) is 4.79 Å². The van der Waals surface area contributed by atoms with Crippen LogP contribution in [0.5, 0.6) is 5.75 Å². The Bertz CT molecular complexity index is 966. The molecule has 0 bridgehead atoms. The minimum absolute atomic E-state index is 0.416. The summed E-state index contributed by atoms with van der Waals surface area (Å²) >= 11 is 0. The molecule has 1 atom stereocenters. The van der Waals surface area contributed by atoms with Gasteiger partial charge in [-0.15, -0.1) is 0 Å². The van der Waals surface area contributed by atoms with Crippen LogP contribution in [0.15, 0.2) is 57.7 Å². The molecule has 1 heterocycles. The van der Waals surface area contributed by atoms with Gasteiger partial charge in [-0.2, -0.15) is 5.26 Å². The fourth-order valence-corrected chi connectivity index (χ4v) is 2.54. The molecule has 0 aliphatic carbocycles. The Morgan fingerprint density at radius 3 is 2.65 bits per heavy atom. The lowest BCUT2D eigenvalue weighted by Crippen LogP contribution is -2.08. The van der Waals surface area contributed by atoms with Crippen LogP contribution in [0.25, 0.3) is 22.1 Å².